The molecule has 3 rings (SSSR count). The monoisotopic (exact) mass is 514 g/mol. The summed E-state index contributed by atoms with van der Waals surface area (Å²) < 4.78 is 27.9. The third-order valence-corrected chi connectivity index (χ3v) is 9.39. The Balaban J connectivity index is 1.73. The number of hydrogen-bond acceptors (Lipinski definition) is 4. The van der Waals surface area contributed by atoms with E-state index in [9.17, 15) is 13.2 Å². The van der Waals surface area contributed by atoms with Crippen molar-refractivity contribution in [2.24, 2.45) is 0 Å². The van der Waals surface area contributed by atoms with Gasteiger partial charge in [-0.1, -0.05) is 66.2 Å². The summed E-state index contributed by atoms with van der Waals surface area (Å²) in [5.74, 6) is 0.417. The molecule has 1 aliphatic carbocycles. The van der Waals surface area contributed by atoms with Gasteiger partial charge in [0, 0.05) is 17.5 Å². The van der Waals surface area contributed by atoms with Gasteiger partial charge < -0.3 is 5.32 Å². The minimum atomic E-state index is -4.03. The Kier molecular flexibility index (Phi) is 9.17. The minimum absolute atomic E-state index is 0.0831. The lowest BCUT2D eigenvalue weighted by Gasteiger charge is -2.25. The maximum absolute atomic E-state index is 13.4. The van der Waals surface area contributed by atoms with Crippen LogP contribution in [-0.2, 0) is 14.8 Å². The fourth-order valence-corrected chi connectivity index (χ4v) is 6.76. The van der Waals surface area contributed by atoms with Crippen LogP contribution >= 0.6 is 35.0 Å². The van der Waals surface area contributed by atoms with Crippen molar-refractivity contribution in [2.75, 3.05) is 23.1 Å². The maximum atomic E-state index is 13.4. The van der Waals surface area contributed by atoms with Crippen molar-refractivity contribution in [2.45, 2.75) is 49.2 Å². The number of halogens is 2. The van der Waals surface area contributed by atoms with Gasteiger partial charge in [0.05, 0.1) is 20.6 Å². The van der Waals surface area contributed by atoms with E-state index in [1.165, 1.54) is 44.2 Å². The number of thioether (sulfide) groups is 1. The van der Waals surface area contributed by atoms with Gasteiger partial charge in [-0.25, -0.2) is 8.42 Å². The van der Waals surface area contributed by atoms with Gasteiger partial charge in [0.25, 0.3) is 10.0 Å². The zero-order valence-corrected chi connectivity index (χ0v) is 21.2. The van der Waals surface area contributed by atoms with Crippen LogP contribution in [0.3, 0.4) is 0 Å². The number of anilines is 1. The van der Waals surface area contributed by atoms with Crippen LogP contribution < -0.4 is 9.62 Å². The van der Waals surface area contributed by atoms with Crippen molar-refractivity contribution in [3.05, 3.63) is 58.1 Å². The molecule has 2 aromatic rings. The number of amides is 1. The highest BCUT2D eigenvalue weighted by Crippen LogP contribution is 2.35. The predicted molar refractivity (Wildman–Crippen MR) is 135 cm³/mol. The van der Waals surface area contributed by atoms with Crippen molar-refractivity contribution in [1.82, 2.24) is 5.32 Å². The molecule has 2 aromatic carbocycles. The number of aryl methyl sites for hydroxylation is 1. The Morgan fingerprint density at radius 1 is 1.09 bits per heavy atom. The van der Waals surface area contributed by atoms with Crippen LogP contribution in [0.2, 0.25) is 10.0 Å². The number of hydrogen-bond donors (Lipinski definition) is 1. The summed E-state index contributed by atoms with van der Waals surface area (Å²) >= 11 is 14.3. The number of carbonyl (C=O) groups excluding carboxylic acids is 1. The SMILES string of the molecule is Cc1ccc(S(=O)(=O)N(CC(=O)NCCSC2CCCCC2)c2cccc(Cl)c2Cl)cc1. The molecule has 5 nitrogen and oxygen atoms in total. The van der Waals surface area contributed by atoms with E-state index in [-0.39, 0.29) is 33.1 Å². The Labute approximate surface area is 204 Å². The van der Waals surface area contributed by atoms with Gasteiger partial charge in [-0.05, 0) is 44.0 Å². The number of sulfonamides is 1. The van der Waals surface area contributed by atoms with E-state index in [1.807, 2.05) is 18.7 Å². The summed E-state index contributed by atoms with van der Waals surface area (Å²) in [6.45, 7) is 1.98. The van der Waals surface area contributed by atoms with Gasteiger partial charge in [0.15, 0.2) is 0 Å². The molecule has 0 radical (unpaired) electrons. The number of nitrogens with zero attached hydrogens (tertiary/aromatic N) is 1. The first-order valence-electron chi connectivity index (χ1n) is 10.7. The zero-order chi connectivity index (χ0) is 23.1. The van der Waals surface area contributed by atoms with E-state index in [0.717, 1.165) is 15.6 Å². The predicted octanol–water partition coefficient (Wildman–Crippen LogP) is 5.68. The molecule has 9 heteroatoms. The molecule has 0 unspecified atom stereocenters. The maximum Gasteiger partial charge on any atom is 0.264 e. The highest BCUT2D eigenvalue weighted by molar-refractivity contribution is 7.99. The molecule has 174 valence electrons. The molecule has 0 spiro atoms. The summed E-state index contributed by atoms with van der Waals surface area (Å²) in [7, 11) is -4.03. The van der Waals surface area contributed by atoms with E-state index < -0.39 is 10.0 Å². The molecule has 32 heavy (non-hydrogen) atoms. The van der Waals surface area contributed by atoms with E-state index in [2.05, 4.69) is 5.32 Å². The number of nitrogens with one attached hydrogen (secondary N) is 1. The highest BCUT2D eigenvalue weighted by Gasteiger charge is 2.29. The lowest BCUT2D eigenvalue weighted by atomic mass is 10.0. The summed E-state index contributed by atoms with van der Waals surface area (Å²) in [6.07, 6.45) is 6.32. The molecule has 1 N–H and O–H groups in total. The van der Waals surface area contributed by atoms with E-state index in [0.29, 0.717) is 11.8 Å². The first-order valence-corrected chi connectivity index (χ1v) is 14.0. The van der Waals surface area contributed by atoms with Crippen molar-refractivity contribution >= 4 is 56.6 Å². The number of carbonyl (C=O) groups is 1. The molecule has 0 aliphatic heterocycles. The molecule has 0 bridgehead atoms. The van der Waals surface area contributed by atoms with Crippen molar-refractivity contribution in [1.29, 1.82) is 0 Å². The van der Waals surface area contributed by atoms with Crippen LogP contribution in [0.25, 0.3) is 0 Å². The van der Waals surface area contributed by atoms with Gasteiger partial charge in [-0.15, -0.1) is 0 Å². The van der Waals surface area contributed by atoms with Crippen LogP contribution in [0.5, 0.6) is 0 Å². The summed E-state index contributed by atoms with van der Waals surface area (Å²) in [6, 6.07) is 11.2. The third-order valence-electron chi connectivity index (χ3n) is 5.43. The second-order valence-corrected chi connectivity index (χ2v) is 11.9. The van der Waals surface area contributed by atoms with Crippen molar-refractivity contribution in [3.63, 3.8) is 0 Å². The third kappa shape index (κ3) is 6.56. The average Bonchev–Trinajstić information content (AvgIpc) is 2.78. The van der Waals surface area contributed by atoms with Crippen LogP contribution in [0, 0.1) is 6.92 Å². The normalized spacial score (nSPS) is 14.8. The van der Waals surface area contributed by atoms with Crippen LogP contribution in [0.4, 0.5) is 5.69 Å². The summed E-state index contributed by atoms with van der Waals surface area (Å²) in [5.41, 5.74) is 1.11. The number of benzene rings is 2. The zero-order valence-electron chi connectivity index (χ0n) is 18.0. The van der Waals surface area contributed by atoms with Gasteiger partial charge in [0.2, 0.25) is 5.91 Å². The van der Waals surface area contributed by atoms with Crippen LogP contribution in [0.1, 0.15) is 37.7 Å². The van der Waals surface area contributed by atoms with E-state index in [1.54, 1.807) is 30.3 Å². The molecule has 0 aromatic heterocycles. The van der Waals surface area contributed by atoms with Gasteiger partial charge in [0.1, 0.15) is 6.54 Å². The lowest BCUT2D eigenvalue weighted by molar-refractivity contribution is -0.119. The Morgan fingerprint density at radius 2 is 1.78 bits per heavy atom. The molecular formula is C23H28Cl2N2O3S2. The molecule has 0 heterocycles. The van der Waals surface area contributed by atoms with Crippen molar-refractivity contribution in [3.8, 4) is 0 Å². The van der Waals surface area contributed by atoms with Gasteiger partial charge in [-0.3, -0.25) is 9.10 Å². The van der Waals surface area contributed by atoms with E-state index >= 15 is 0 Å². The number of rotatable bonds is 9. The van der Waals surface area contributed by atoms with E-state index in [4.69, 9.17) is 23.2 Å². The second kappa shape index (κ2) is 11.6. The first kappa shape index (κ1) is 25.2. The molecular weight excluding hydrogens is 487 g/mol. The molecule has 1 saturated carbocycles. The second-order valence-electron chi connectivity index (χ2n) is 7.88. The highest BCUT2D eigenvalue weighted by atomic mass is 35.5. The molecule has 1 fully saturated rings. The molecule has 0 saturated heterocycles. The van der Waals surface area contributed by atoms with Crippen LogP contribution in [0.15, 0.2) is 47.4 Å². The molecule has 1 amide bonds. The fraction of sp³-hybridized carbons (Fsp3) is 0.435. The summed E-state index contributed by atoms with van der Waals surface area (Å²) in [5, 5.41) is 3.81. The van der Waals surface area contributed by atoms with Crippen LogP contribution in [-0.4, -0.2) is 38.4 Å². The van der Waals surface area contributed by atoms with Gasteiger partial charge in [-0.2, -0.15) is 11.8 Å². The Bertz CT molecular complexity index is 1020. The standard InChI is InChI=1S/C23H28Cl2N2O3S2/c1-17-10-12-19(13-11-17)32(29,30)27(21-9-5-8-20(24)23(21)25)16-22(28)26-14-15-31-18-6-3-2-4-7-18/h5,8-13,18H,2-4,6-7,14-16H2,1H3,(H,26,28). The molecule has 0 atom stereocenters. The van der Waals surface area contributed by atoms with Gasteiger partial charge >= 0.3 is 0 Å². The topological polar surface area (TPSA) is 66.5 Å². The first-order chi connectivity index (χ1) is 15.3. The quantitative estimate of drug-likeness (QED) is 0.437. The van der Waals surface area contributed by atoms with Crippen molar-refractivity contribution < 1.29 is 13.2 Å². The largest absolute Gasteiger partial charge is 0.354 e. The summed E-state index contributed by atoms with van der Waals surface area (Å²) in [4.78, 5) is 12.8. The molecule has 1 aliphatic rings. The Hall–Kier alpha value is -1.41. The Morgan fingerprint density at radius 3 is 2.47 bits per heavy atom. The smallest absolute Gasteiger partial charge is 0.264 e. The lowest BCUT2D eigenvalue weighted by Crippen LogP contribution is -2.41. The fourth-order valence-electron chi connectivity index (χ4n) is 3.66. The minimum Gasteiger partial charge on any atom is -0.354 e. The average molecular weight is 516 g/mol.